The number of halogens is 1. The van der Waals surface area contributed by atoms with Gasteiger partial charge in [-0.3, -0.25) is 9.59 Å². The molecule has 5 nitrogen and oxygen atoms in total. The molecule has 110 valence electrons. The van der Waals surface area contributed by atoms with Gasteiger partial charge in [0.2, 0.25) is 5.91 Å². The molecule has 1 atom stereocenters. The summed E-state index contributed by atoms with van der Waals surface area (Å²) in [5.41, 5.74) is 0.435. The monoisotopic (exact) mass is 282 g/mol. The Hall–Kier alpha value is -1.95. The second-order valence-corrected chi connectivity index (χ2v) is 4.95. The summed E-state index contributed by atoms with van der Waals surface area (Å²) in [5, 5.41) is 14.4. The first kappa shape index (κ1) is 16.1. The van der Waals surface area contributed by atoms with Crippen LogP contribution in [0.2, 0.25) is 0 Å². The van der Waals surface area contributed by atoms with Crippen molar-refractivity contribution in [3.63, 3.8) is 0 Å². The van der Waals surface area contributed by atoms with Gasteiger partial charge in [0, 0.05) is 5.69 Å². The van der Waals surface area contributed by atoms with Crippen molar-refractivity contribution in [1.29, 1.82) is 0 Å². The average molecular weight is 282 g/mol. The fraction of sp³-hybridized carbons (Fsp3) is 0.429. The van der Waals surface area contributed by atoms with Crippen LogP contribution in [0.5, 0.6) is 0 Å². The van der Waals surface area contributed by atoms with Gasteiger partial charge in [-0.2, -0.15) is 0 Å². The number of hydrogen-bond donors (Lipinski definition) is 3. The highest BCUT2D eigenvalue weighted by Crippen LogP contribution is 2.09. The van der Waals surface area contributed by atoms with Crippen molar-refractivity contribution in [2.45, 2.75) is 26.3 Å². The Kier molecular flexibility index (Phi) is 6.11. The lowest BCUT2D eigenvalue weighted by molar-refractivity contribution is -0.141. The van der Waals surface area contributed by atoms with E-state index < -0.39 is 23.7 Å². The molecule has 1 rings (SSSR count). The predicted molar refractivity (Wildman–Crippen MR) is 73.9 cm³/mol. The van der Waals surface area contributed by atoms with Gasteiger partial charge in [0.1, 0.15) is 11.9 Å². The summed E-state index contributed by atoms with van der Waals surface area (Å²) in [6.07, 6.45) is -0.181. The zero-order valence-electron chi connectivity index (χ0n) is 11.5. The highest BCUT2D eigenvalue weighted by Gasteiger charge is 2.20. The molecule has 0 saturated carbocycles. The Balaban J connectivity index is 2.53. The summed E-state index contributed by atoms with van der Waals surface area (Å²) in [7, 11) is 0. The number of rotatable bonds is 7. The maximum absolute atomic E-state index is 12.7. The molecule has 0 aliphatic carbocycles. The molecule has 20 heavy (non-hydrogen) atoms. The minimum atomic E-state index is -1.07. The minimum absolute atomic E-state index is 0.181. The molecule has 0 fully saturated rings. The largest absolute Gasteiger partial charge is 0.480 e. The molecule has 0 aliphatic rings. The van der Waals surface area contributed by atoms with Crippen LogP contribution in [0.4, 0.5) is 10.1 Å². The van der Waals surface area contributed by atoms with E-state index in [1.165, 1.54) is 24.3 Å². The van der Waals surface area contributed by atoms with Gasteiger partial charge >= 0.3 is 5.97 Å². The van der Waals surface area contributed by atoms with E-state index in [0.29, 0.717) is 12.2 Å². The number of anilines is 1. The standard InChI is InChI=1S/C14H19FN2O3/c1-9(2)8-16-12(14(19)20)7-13(18)17-11-5-3-10(15)4-6-11/h3-6,9,12,16H,7-8H2,1-2H3,(H,17,18)(H,19,20)/t12-/m1/s1. The summed E-state index contributed by atoms with van der Waals surface area (Å²) in [5.74, 6) is -1.61. The molecule has 0 aromatic heterocycles. The summed E-state index contributed by atoms with van der Waals surface area (Å²) in [6, 6.07) is 4.36. The van der Waals surface area contributed by atoms with Crippen molar-refractivity contribution in [3.05, 3.63) is 30.1 Å². The number of hydrogen-bond acceptors (Lipinski definition) is 3. The van der Waals surface area contributed by atoms with Crippen LogP contribution >= 0.6 is 0 Å². The van der Waals surface area contributed by atoms with E-state index in [-0.39, 0.29) is 12.3 Å². The Morgan fingerprint density at radius 1 is 1.25 bits per heavy atom. The summed E-state index contributed by atoms with van der Waals surface area (Å²) < 4.78 is 12.7. The molecule has 3 N–H and O–H groups in total. The van der Waals surface area contributed by atoms with E-state index in [1.54, 1.807) is 0 Å². The van der Waals surface area contributed by atoms with Crippen molar-refractivity contribution in [2.75, 3.05) is 11.9 Å². The molecule has 0 spiro atoms. The van der Waals surface area contributed by atoms with E-state index in [0.717, 1.165) is 0 Å². The molecule has 0 heterocycles. The van der Waals surface area contributed by atoms with E-state index >= 15 is 0 Å². The molecule has 1 aromatic carbocycles. The predicted octanol–water partition coefficient (Wildman–Crippen LogP) is 1.85. The van der Waals surface area contributed by atoms with Gasteiger partial charge in [-0.1, -0.05) is 13.8 Å². The second-order valence-electron chi connectivity index (χ2n) is 4.95. The Morgan fingerprint density at radius 2 is 1.85 bits per heavy atom. The number of carbonyl (C=O) groups is 2. The topological polar surface area (TPSA) is 78.4 Å². The average Bonchev–Trinajstić information content (AvgIpc) is 2.36. The third-order valence-electron chi connectivity index (χ3n) is 2.59. The Labute approximate surface area is 117 Å². The Bertz CT molecular complexity index is 460. The van der Waals surface area contributed by atoms with Crippen molar-refractivity contribution in [1.82, 2.24) is 5.32 Å². The Morgan fingerprint density at radius 3 is 2.35 bits per heavy atom. The first-order chi connectivity index (χ1) is 9.38. The van der Waals surface area contributed by atoms with Crippen molar-refractivity contribution < 1.29 is 19.1 Å². The van der Waals surface area contributed by atoms with Crippen LogP contribution in [0.25, 0.3) is 0 Å². The smallest absolute Gasteiger partial charge is 0.321 e. The number of carboxylic acids is 1. The SMILES string of the molecule is CC(C)CN[C@H](CC(=O)Nc1ccc(F)cc1)C(=O)O. The van der Waals surface area contributed by atoms with Gasteiger partial charge in [0.05, 0.1) is 6.42 Å². The highest BCUT2D eigenvalue weighted by atomic mass is 19.1. The van der Waals surface area contributed by atoms with E-state index in [4.69, 9.17) is 5.11 Å². The lowest BCUT2D eigenvalue weighted by Gasteiger charge is -2.15. The normalized spacial score (nSPS) is 12.2. The highest BCUT2D eigenvalue weighted by molar-refractivity contribution is 5.93. The maximum atomic E-state index is 12.7. The zero-order valence-corrected chi connectivity index (χ0v) is 11.5. The van der Waals surface area contributed by atoms with Gasteiger partial charge < -0.3 is 15.7 Å². The zero-order chi connectivity index (χ0) is 15.1. The summed E-state index contributed by atoms with van der Waals surface area (Å²) in [4.78, 5) is 22.8. The molecule has 1 aromatic rings. The molecule has 0 radical (unpaired) electrons. The van der Waals surface area contributed by atoms with Gasteiger partial charge in [-0.15, -0.1) is 0 Å². The molecule has 6 heteroatoms. The molecule has 0 unspecified atom stereocenters. The third-order valence-corrected chi connectivity index (χ3v) is 2.59. The number of carboxylic acid groups (broad SMARTS) is 1. The molecular formula is C14H19FN2O3. The molecular weight excluding hydrogens is 263 g/mol. The van der Waals surface area contributed by atoms with Crippen LogP contribution in [-0.2, 0) is 9.59 Å². The molecule has 0 aliphatic heterocycles. The van der Waals surface area contributed by atoms with Crippen LogP contribution in [0, 0.1) is 11.7 Å². The lowest BCUT2D eigenvalue weighted by Crippen LogP contribution is -2.41. The molecule has 0 saturated heterocycles. The van der Waals surface area contributed by atoms with E-state index in [9.17, 15) is 14.0 Å². The van der Waals surface area contributed by atoms with Crippen LogP contribution in [0.15, 0.2) is 24.3 Å². The fourth-order valence-electron chi connectivity index (χ4n) is 1.56. The summed E-state index contributed by atoms with van der Waals surface area (Å²) in [6.45, 7) is 4.41. The van der Waals surface area contributed by atoms with Gasteiger partial charge in [0.15, 0.2) is 0 Å². The molecule has 0 bridgehead atoms. The first-order valence-corrected chi connectivity index (χ1v) is 6.40. The first-order valence-electron chi connectivity index (χ1n) is 6.40. The number of carbonyl (C=O) groups excluding carboxylic acids is 1. The number of nitrogens with one attached hydrogen (secondary N) is 2. The number of aliphatic carboxylic acids is 1. The fourth-order valence-corrected chi connectivity index (χ4v) is 1.56. The summed E-state index contributed by atoms with van der Waals surface area (Å²) >= 11 is 0. The van der Waals surface area contributed by atoms with Crippen LogP contribution < -0.4 is 10.6 Å². The maximum Gasteiger partial charge on any atom is 0.321 e. The van der Waals surface area contributed by atoms with E-state index in [2.05, 4.69) is 10.6 Å². The third kappa shape index (κ3) is 5.79. The molecule has 1 amide bonds. The second kappa shape index (κ2) is 7.59. The van der Waals surface area contributed by atoms with Crippen LogP contribution in [0.3, 0.4) is 0 Å². The van der Waals surface area contributed by atoms with Gasteiger partial charge in [-0.05, 0) is 36.7 Å². The number of benzene rings is 1. The van der Waals surface area contributed by atoms with Crippen molar-refractivity contribution in [3.8, 4) is 0 Å². The van der Waals surface area contributed by atoms with Crippen LogP contribution in [-0.4, -0.2) is 29.6 Å². The van der Waals surface area contributed by atoms with E-state index in [1.807, 2.05) is 13.8 Å². The quantitative estimate of drug-likeness (QED) is 0.713. The van der Waals surface area contributed by atoms with Crippen LogP contribution in [0.1, 0.15) is 20.3 Å². The van der Waals surface area contributed by atoms with Gasteiger partial charge in [-0.25, -0.2) is 4.39 Å². The minimum Gasteiger partial charge on any atom is -0.480 e. The van der Waals surface area contributed by atoms with Crippen molar-refractivity contribution in [2.24, 2.45) is 5.92 Å². The van der Waals surface area contributed by atoms with Crippen molar-refractivity contribution >= 4 is 17.6 Å². The van der Waals surface area contributed by atoms with Gasteiger partial charge in [0.25, 0.3) is 0 Å². The number of amides is 1. The lowest BCUT2D eigenvalue weighted by atomic mass is 10.1.